The summed E-state index contributed by atoms with van der Waals surface area (Å²) in [4.78, 5) is 25.0. The van der Waals surface area contributed by atoms with E-state index >= 15 is 0 Å². The molecule has 60 heavy (non-hydrogen) atoms. The molecule has 1 aliphatic carbocycles. The van der Waals surface area contributed by atoms with Crippen LogP contribution in [0.2, 0.25) is 0 Å². The van der Waals surface area contributed by atoms with Crippen LogP contribution < -0.4 is 9.80 Å². The lowest BCUT2D eigenvalue weighted by Gasteiger charge is -2.35. The Bertz CT molecular complexity index is 2940. The van der Waals surface area contributed by atoms with Gasteiger partial charge in [-0.15, -0.1) is 0 Å². The maximum Gasteiger partial charge on any atom is 0.234 e. The van der Waals surface area contributed by atoms with Crippen molar-refractivity contribution in [2.24, 2.45) is 0 Å². The van der Waals surface area contributed by atoms with E-state index in [0.717, 1.165) is 61.7 Å². The lowest BCUT2D eigenvalue weighted by molar-refractivity contribution is 0.548. The highest BCUT2D eigenvalue weighted by Crippen LogP contribution is 2.55. The number of hydrogen-bond acceptors (Lipinski definition) is 7. The SMILES string of the molecule is CC12C=C(c3ccc(N(c4ccccc4)c4ccccc4)cc3)C=CC1N(c1nc(-c3ccccc3)nc(-c3ccccc3)n1)c1c2ccc2nc(-c3ccccc3)oc12. The zero-order valence-electron chi connectivity index (χ0n) is 32.8. The average Bonchev–Trinajstić information content (AvgIpc) is 3.88. The molecule has 286 valence electrons. The third-order valence-electron chi connectivity index (χ3n) is 11.6. The highest BCUT2D eigenvalue weighted by Gasteiger charge is 2.50. The van der Waals surface area contributed by atoms with Gasteiger partial charge < -0.3 is 9.32 Å². The fourth-order valence-electron chi connectivity index (χ4n) is 8.65. The van der Waals surface area contributed by atoms with Crippen LogP contribution in [0.3, 0.4) is 0 Å². The number of aromatic nitrogens is 4. The predicted molar refractivity (Wildman–Crippen MR) is 242 cm³/mol. The molecule has 0 saturated heterocycles. The minimum absolute atomic E-state index is 0.187. The fourth-order valence-corrected chi connectivity index (χ4v) is 8.65. The summed E-state index contributed by atoms with van der Waals surface area (Å²) >= 11 is 0. The quantitative estimate of drug-likeness (QED) is 0.152. The minimum atomic E-state index is -0.501. The van der Waals surface area contributed by atoms with Crippen LogP contribution in [0.15, 0.2) is 211 Å². The number of fused-ring (bicyclic) bond motifs is 5. The molecule has 11 rings (SSSR count). The molecule has 2 aromatic heterocycles. The van der Waals surface area contributed by atoms with Gasteiger partial charge in [-0.2, -0.15) is 9.97 Å². The number of benzene rings is 7. The summed E-state index contributed by atoms with van der Waals surface area (Å²) in [6.45, 7) is 2.30. The molecule has 0 amide bonds. The van der Waals surface area contributed by atoms with Gasteiger partial charge in [-0.3, -0.25) is 4.90 Å². The van der Waals surface area contributed by atoms with Gasteiger partial charge in [-0.05, 0) is 78.2 Å². The first-order valence-electron chi connectivity index (χ1n) is 20.2. The maximum absolute atomic E-state index is 6.78. The summed E-state index contributed by atoms with van der Waals surface area (Å²) in [7, 11) is 0. The maximum atomic E-state index is 6.78. The second kappa shape index (κ2) is 14.5. The number of anilines is 5. The molecule has 0 fully saturated rings. The van der Waals surface area contributed by atoms with Gasteiger partial charge >= 0.3 is 0 Å². The summed E-state index contributed by atoms with van der Waals surface area (Å²) in [5.41, 5.74) is 11.2. The zero-order valence-corrected chi connectivity index (χ0v) is 32.8. The van der Waals surface area contributed by atoms with Crippen molar-refractivity contribution in [3.63, 3.8) is 0 Å². The van der Waals surface area contributed by atoms with Crippen molar-refractivity contribution in [3.8, 4) is 34.2 Å². The Hall–Kier alpha value is -7.90. The van der Waals surface area contributed by atoms with E-state index in [2.05, 4.69) is 132 Å². The summed E-state index contributed by atoms with van der Waals surface area (Å²) in [6, 6.07) is 64.2. The molecule has 0 N–H and O–H groups in total. The lowest BCUT2D eigenvalue weighted by Crippen LogP contribution is -2.40. The highest BCUT2D eigenvalue weighted by molar-refractivity contribution is 5.97. The topological polar surface area (TPSA) is 71.2 Å². The molecule has 1 aliphatic heterocycles. The second-order valence-electron chi connectivity index (χ2n) is 15.3. The van der Waals surface area contributed by atoms with Crippen LogP contribution in [-0.2, 0) is 5.41 Å². The van der Waals surface area contributed by atoms with Crippen LogP contribution in [0.25, 0.3) is 50.9 Å². The monoisotopic (exact) mass is 774 g/mol. The van der Waals surface area contributed by atoms with Crippen molar-refractivity contribution < 1.29 is 4.42 Å². The first-order chi connectivity index (χ1) is 29.6. The van der Waals surface area contributed by atoms with Crippen LogP contribution in [0.1, 0.15) is 18.1 Å². The van der Waals surface area contributed by atoms with E-state index in [9.17, 15) is 0 Å². The van der Waals surface area contributed by atoms with E-state index in [1.165, 1.54) is 0 Å². The summed E-state index contributed by atoms with van der Waals surface area (Å²) in [6.07, 6.45) is 6.92. The summed E-state index contributed by atoms with van der Waals surface area (Å²) < 4.78 is 6.78. The average molecular weight is 775 g/mol. The Morgan fingerprint density at radius 1 is 0.517 bits per heavy atom. The van der Waals surface area contributed by atoms with Gasteiger partial charge in [0.05, 0.1) is 11.7 Å². The Morgan fingerprint density at radius 3 is 1.60 bits per heavy atom. The smallest absolute Gasteiger partial charge is 0.234 e. The number of nitrogens with zero attached hydrogens (tertiary/aromatic N) is 6. The lowest BCUT2D eigenvalue weighted by atomic mass is 9.73. The standard InChI is InChI=1S/C53H38N6O/c1-53-35-40(36-27-30-43(31-28-36)58(41-23-13-5-14-24-41)42-25-15-6-16-26-42)29-34-46(53)59(47-44(53)32-33-45-48(47)60-51(54-45)39-21-11-4-12-22-39)52-56-49(37-17-7-2-8-18-37)55-50(57-52)38-19-9-3-10-20-38/h2-35,46H,1H3. The predicted octanol–water partition coefficient (Wildman–Crippen LogP) is 12.9. The van der Waals surface area contributed by atoms with E-state index in [4.69, 9.17) is 24.4 Å². The molecular formula is C53H38N6O. The number of allylic oxidation sites excluding steroid dienone is 2. The number of para-hydroxylation sites is 2. The van der Waals surface area contributed by atoms with Crippen molar-refractivity contribution >= 4 is 45.4 Å². The second-order valence-corrected chi connectivity index (χ2v) is 15.3. The molecule has 0 spiro atoms. The molecule has 3 heterocycles. The molecule has 2 unspecified atom stereocenters. The van der Waals surface area contributed by atoms with Crippen molar-refractivity contribution in [2.75, 3.05) is 9.80 Å². The Kier molecular flexibility index (Phi) is 8.52. The number of oxazole rings is 1. The molecule has 0 bridgehead atoms. The normalized spacial score (nSPS) is 16.6. The molecule has 2 atom stereocenters. The van der Waals surface area contributed by atoms with Gasteiger partial charge in [-0.1, -0.05) is 152 Å². The van der Waals surface area contributed by atoms with Crippen LogP contribution >= 0.6 is 0 Å². The molecule has 7 nitrogen and oxygen atoms in total. The van der Waals surface area contributed by atoms with Crippen molar-refractivity contribution in [1.29, 1.82) is 0 Å². The minimum Gasteiger partial charge on any atom is -0.434 e. The van der Waals surface area contributed by atoms with Gasteiger partial charge in [0.25, 0.3) is 0 Å². The van der Waals surface area contributed by atoms with Crippen LogP contribution in [-0.4, -0.2) is 26.0 Å². The third kappa shape index (κ3) is 6.07. The molecule has 0 radical (unpaired) electrons. The molecule has 7 aromatic carbocycles. The molecule has 0 saturated carbocycles. The van der Waals surface area contributed by atoms with Crippen LogP contribution in [0, 0.1) is 0 Å². The molecule has 7 heteroatoms. The number of rotatable bonds is 8. The summed E-state index contributed by atoms with van der Waals surface area (Å²) in [5, 5.41) is 0. The molecular weight excluding hydrogens is 737 g/mol. The van der Waals surface area contributed by atoms with Crippen molar-refractivity contribution in [2.45, 2.75) is 18.4 Å². The first-order valence-corrected chi connectivity index (χ1v) is 20.2. The van der Waals surface area contributed by atoms with E-state index in [0.29, 0.717) is 29.1 Å². The van der Waals surface area contributed by atoms with E-state index in [1.807, 2.05) is 91.0 Å². The van der Waals surface area contributed by atoms with E-state index < -0.39 is 5.41 Å². The first kappa shape index (κ1) is 35.3. The largest absolute Gasteiger partial charge is 0.434 e. The van der Waals surface area contributed by atoms with E-state index in [-0.39, 0.29) is 6.04 Å². The molecule has 9 aromatic rings. The highest BCUT2D eigenvalue weighted by atomic mass is 16.3. The van der Waals surface area contributed by atoms with E-state index in [1.54, 1.807) is 0 Å². The summed E-state index contributed by atoms with van der Waals surface area (Å²) in [5.74, 6) is 2.30. The van der Waals surface area contributed by atoms with Gasteiger partial charge in [0.1, 0.15) is 5.52 Å². The van der Waals surface area contributed by atoms with Crippen LogP contribution in [0.5, 0.6) is 0 Å². The zero-order chi connectivity index (χ0) is 40.0. The third-order valence-corrected chi connectivity index (χ3v) is 11.6. The van der Waals surface area contributed by atoms with Crippen molar-refractivity contribution in [3.05, 3.63) is 217 Å². The Morgan fingerprint density at radius 2 is 1.03 bits per heavy atom. The van der Waals surface area contributed by atoms with Crippen LogP contribution in [0.4, 0.5) is 28.7 Å². The Balaban J connectivity index is 1.06. The van der Waals surface area contributed by atoms with Gasteiger partial charge in [0, 0.05) is 39.2 Å². The van der Waals surface area contributed by atoms with Gasteiger partial charge in [-0.25, -0.2) is 9.97 Å². The van der Waals surface area contributed by atoms with Gasteiger partial charge in [0.15, 0.2) is 17.2 Å². The van der Waals surface area contributed by atoms with Crippen molar-refractivity contribution in [1.82, 2.24) is 19.9 Å². The van der Waals surface area contributed by atoms with Gasteiger partial charge in [0.2, 0.25) is 11.8 Å². The molecule has 2 aliphatic rings. The Labute approximate surface area is 348 Å². The number of hydrogen-bond donors (Lipinski definition) is 0. The fraction of sp³-hybridized carbons (Fsp3) is 0.0566.